The average molecular weight is 703 g/mol. The molecule has 0 aliphatic carbocycles. The van der Waals surface area contributed by atoms with E-state index >= 15 is 0 Å². The van der Waals surface area contributed by atoms with Crippen LogP contribution in [0.1, 0.15) is 0 Å². The molecule has 2 aromatic heterocycles. The number of nitrogens with zero attached hydrogens (tertiary/aromatic N) is 2. The predicted molar refractivity (Wildman–Crippen MR) is 231 cm³/mol. The summed E-state index contributed by atoms with van der Waals surface area (Å²) in [5.41, 5.74) is 13.2. The number of benzene rings is 9. The molecule has 11 aromatic rings. The van der Waals surface area contributed by atoms with Crippen LogP contribution in [0.4, 0.5) is 17.1 Å². The average Bonchev–Trinajstić information content (AvgIpc) is 3.79. The lowest BCUT2D eigenvalue weighted by Gasteiger charge is -2.28. The third kappa shape index (κ3) is 5.20. The van der Waals surface area contributed by atoms with Crippen molar-refractivity contribution >= 4 is 71.6 Å². The van der Waals surface area contributed by atoms with Crippen LogP contribution in [-0.4, -0.2) is 4.57 Å². The Morgan fingerprint density at radius 1 is 0.364 bits per heavy atom. The molecule has 0 saturated heterocycles. The van der Waals surface area contributed by atoms with Gasteiger partial charge in [0.1, 0.15) is 11.2 Å². The molecule has 0 N–H and O–H groups in total. The summed E-state index contributed by atoms with van der Waals surface area (Å²) in [6.07, 6.45) is 0. The molecule has 0 unspecified atom stereocenters. The minimum Gasteiger partial charge on any atom is -0.456 e. The van der Waals surface area contributed by atoms with Gasteiger partial charge in [-0.2, -0.15) is 0 Å². The van der Waals surface area contributed by atoms with Crippen LogP contribution in [0.3, 0.4) is 0 Å². The number of furan rings is 1. The quantitative estimate of drug-likeness (QED) is 0.172. The summed E-state index contributed by atoms with van der Waals surface area (Å²) in [6, 6.07) is 73.9. The molecule has 0 aliphatic rings. The van der Waals surface area contributed by atoms with E-state index in [2.05, 4.69) is 204 Å². The highest BCUT2D eigenvalue weighted by molar-refractivity contribution is 6.14. The Kier molecular flexibility index (Phi) is 7.17. The summed E-state index contributed by atoms with van der Waals surface area (Å²) in [5, 5.41) is 7.20. The van der Waals surface area contributed by atoms with E-state index in [1.54, 1.807) is 0 Å². The fourth-order valence-corrected chi connectivity index (χ4v) is 8.36. The van der Waals surface area contributed by atoms with Gasteiger partial charge < -0.3 is 13.9 Å². The van der Waals surface area contributed by atoms with Crippen LogP contribution >= 0.6 is 0 Å². The maximum absolute atomic E-state index is 6.39. The van der Waals surface area contributed by atoms with Gasteiger partial charge in [0.15, 0.2) is 0 Å². The zero-order chi connectivity index (χ0) is 36.3. The van der Waals surface area contributed by atoms with Crippen molar-refractivity contribution < 1.29 is 4.42 Å². The van der Waals surface area contributed by atoms with Gasteiger partial charge in [0.05, 0.1) is 16.7 Å². The van der Waals surface area contributed by atoms with Crippen molar-refractivity contribution in [3.63, 3.8) is 0 Å². The largest absolute Gasteiger partial charge is 0.456 e. The molecule has 0 bridgehead atoms. The maximum Gasteiger partial charge on any atom is 0.137 e. The molecule has 0 radical (unpaired) electrons. The van der Waals surface area contributed by atoms with Crippen LogP contribution < -0.4 is 4.90 Å². The molecule has 55 heavy (non-hydrogen) atoms. The van der Waals surface area contributed by atoms with Crippen molar-refractivity contribution in [1.82, 2.24) is 4.57 Å². The van der Waals surface area contributed by atoms with Crippen molar-refractivity contribution in [2.75, 3.05) is 4.90 Å². The minimum atomic E-state index is 0.870. The Hall–Kier alpha value is -7.36. The third-order valence-corrected chi connectivity index (χ3v) is 11.0. The lowest BCUT2D eigenvalue weighted by Crippen LogP contribution is -2.11. The second kappa shape index (κ2) is 12.6. The van der Waals surface area contributed by atoms with E-state index in [4.69, 9.17) is 4.42 Å². The predicted octanol–water partition coefficient (Wildman–Crippen LogP) is 14.6. The minimum absolute atomic E-state index is 0.870. The third-order valence-electron chi connectivity index (χ3n) is 11.0. The fourth-order valence-electron chi connectivity index (χ4n) is 8.36. The molecule has 9 aromatic carbocycles. The van der Waals surface area contributed by atoms with Gasteiger partial charge in [-0.05, 0) is 100 Å². The lowest BCUT2D eigenvalue weighted by atomic mass is 9.98. The standard InChI is InChI=1S/C52H34N2O/c1-3-13-36(14-4-1)43-17-7-10-20-48(43)53(42-29-30-46-45-19-9-12-22-51(45)55-52(46)34-42)41-27-25-35(26-28-41)37-23-24-38-33-50-47(32-39(38)31-37)44-18-8-11-21-49(44)54(50)40-15-5-2-6-16-40/h1-34H. The van der Waals surface area contributed by atoms with Gasteiger partial charge >= 0.3 is 0 Å². The molecule has 0 atom stereocenters. The molecule has 3 nitrogen and oxygen atoms in total. The van der Waals surface area contributed by atoms with Gasteiger partial charge in [-0.3, -0.25) is 0 Å². The number of hydrogen-bond donors (Lipinski definition) is 0. The molecular formula is C52H34N2O. The molecule has 0 aliphatic heterocycles. The monoisotopic (exact) mass is 702 g/mol. The Balaban J connectivity index is 1.03. The Bertz CT molecular complexity index is 3190. The second-order valence-corrected chi connectivity index (χ2v) is 14.2. The normalized spacial score (nSPS) is 11.6. The van der Waals surface area contributed by atoms with Crippen LogP contribution in [0.25, 0.3) is 82.5 Å². The molecule has 0 spiro atoms. The summed E-state index contributed by atoms with van der Waals surface area (Å²) in [7, 11) is 0. The number of anilines is 3. The first-order valence-corrected chi connectivity index (χ1v) is 18.8. The molecule has 0 saturated carbocycles. The van der Waals surface area contributed by atoms with Gasteiger partial charge in [-0.15, -0.1) is 0 Å². The van der Waals surface area contributed by atoms with E-state index in [1.807, 2.05) is 12.1 Å². The van der Waals surface area contributed by atoms with Gasteiger partial charge in [-0.1, -0.05) is 127 Å². The highest BCUT2D eigenvalue weighted by Gasteiger charge is 2.19. The zero-order valence-electron chi connectivity index (χ0n) is 29.9. The molecule has 3 heteroatoms. The van der Waals surface area contributed by atoms with Gasteiger partial charge in [0, 0.05) is 50.2 Å². The van der Waals surface area contributed by atoms with E-state index in [0.29, 0.717) is 0 Å². The Labute approximate surface area is 318 Å². The molecule has 0 fully saturated rings. The van der Waals surface area contributed by atoms with E-state index in [0.717, 1.165) is 44.6 Å². The van der Waals surface area contributed by atoms with E-state index in [1.165, 1.54) is 55.0 Å². The summed E-state index contributed by atoms with van der Waals surface area (Å²) >= 11 is 0. The van der Waals surface area contributed by atoms with Crippen molar-refractivity contribution in [2.24, 2.45) is 0 Å². The van der Waals surface area contributed by atoms with Gasteiger partial charge in [-0.25, -0.2) is 0 Å². The van der Waals surface area contributed by atoms with Crippen LogP contribution in [-0.2, 0) is 0 Å². The van der Waals surface area contributed by atoms with Crippen molar-refractivity contribution in [1.29, 1.82) is 0 Å². The van der Waals surface area contributed by atoms with Crippen LogP contribution in [0.5, 0.6) is 0 Å². The first-order valence-electron chi connectivity index (χ1n) is 18.8. The lowest BCUT2D eigenvalue weighted by molar-refractivity contribution is 0.669. The van der Waals surface area contributed by atoms with Crippen LogP contribution in [0, 0.1) is 0 Å². The van der Waals surface area contributed by atoms with Crippen LogP contribution in [0.2, 0.25) is 0 Å². The number of para-hydroxylation sites is 4. The van der Waals surface area contributed by atoms with E-state index < -0.39 is 0 Å². The first kappa shape index (κ1) is 31.2. The number of rotatable bonds is 6. The first-order chi connectivity index (χ1) is 27.3. The maximum atomic E-state index is 6.39. The van der Waals surface area contributed by atoms with Crippen LogP contribution in [0.15, 0.2) is 211 Å². The molecule has 11 rings (SSSR count). The summed E-state index contributed by atoms with van der Waals surface area (Å²) < 4.78 is 8.77. The summed E-state index contributed by atoms with van der Waals surface area (Å²) in [6.45, 7) is 0. The smallest absolute Gasteiger partial charge is 0.137 e. The number of aromatic nitrogens is 1. The topological polar surface area (TPSA) is 21.3 Å². The SMILES string of the molecule is c1ccc(-c2ccccc2N(c2ccc(-c3ccc4cc5c(cc4c3)c3ccccc3n5-c3ccccc3)cc2)c2ccc3c(c2)oc2ccccc23)cc1. The fraction of sp³-hybridized carbons (Fsp3) is 0. The summed E-state index contributed by atoms with van der Waals surface area (Å²) in [5.74, 6) is 0. The Morgan fingerprint density at radius 2 is 1.04 bits per heavy atom. The number of hydrogen-bond acceptors (Lipinski definition) is 2. The van der Waals surface area contributed by atoms with Crippen molar-refractivity contribution in [3.8, 4) is 27.9 Å². The second-order valence-electron chi connectivity index (χ2n) is 14.2. The van der Waals surface area contributed by atoms with Gasteiger partial charge in [0.2, 0.25) is 0 Å². The van der Waals surface area contributed by atoms with E-state index in [9.17, 15) is 0 Å². The Morgan fingerprint density at radius 3 is 1.89 bits per heavy atom. The van der Waals surface area contributed by atoms with Crippen molar-refractivity contribution in [2.45, 2.75) is 0 Å². The van der Waals surface area contributed by atoms with E-state index in [-0.39, 0.29) is 0 Å². The summed E-state index contributed by atoms with van der Waals surface area (Å²) in [4.78, 5) is 2.35. The molecule has 2 heterocycles. The molecule has 0 amide bonds. The highest BCUT2D eigenvalue weighted by Crippen LogP contribution is 2.43. The highest BCUT2D eigenvalue weighted by atomic mass is 16.3. The molecule has 258 valence electrons. The van der Waals surface area contributed by atoms with Gasteiger partial charge in [0.25, 0.3) is 0 Å². The number of fused-ring (bicyclic) bond motifs is 7. The molecular weight excluding hydrogens is 669 g/mol. The van der Waals surface area contributed by atoms with Crippen molar-refractivity contribution in [3.05, 3.63) is 206 Å². The zero-order valence-corrected chi connectivity index (χ0v) is 29.9.